The Bertz CT molecular complexity index is 470. The van der Waals surface area contributed by atoms with E-state index in [1.165, 1.54) is 24.8 Å². The summed E-state index contributed by atoms with van der Waals surface area (Å²) in [4.78, 5) is 12.5. The minimum atomic E-state index is 0. The smallest absolute Gasteiger partial charge is 0.225 e. The molecule has 5 nitrogen and oxygen atoms in total. The number of hydrogen-bond acceptors (Lipinski definition) is 3. The molecule has 1 saturated heterocycles. The summed E-state index contributed by atoms with van der Waals surface area (Å²) in [6.07, 6.45) is 10.0. The number of carbonyl (C=O) groups excluding carboxylic acids is 1. The van der Waals surface area contributed by atoms with Crippen molar-refractivity contribution in [2.24, 2.45) is 13.0 Å². The number of hydrogen-bond donors (Lipinski definition) is 2. The molecule has 0 unspecified atom stereocenters. The van der Waals surface area contributed by atoms with Crippen LogP contribution in [0.1, 0.15) is 43.6 Å². The zero-order valence-corrected chi connectivity index (χ0v) is 13.4. The van der Waals surface area contributed by atoms with Crippen LogP contribution in [0.15, 0.2) is 12.4 Å². The lowest BCUT2D eigenvalue weighted by Crippen LogP contribution is -2.41. The first-order valence-corrected chi connectivity index (χ1v) is 7.73. The quantitative estimate of drug-likeness (QED) is 0.891. The Labute approximate surface area is 132 Å². The number of aromatic nitrogens is 2. The fourth-order valence-electron chi connectivity index (χ4n) is 3.49. The second kappa shape index (κ2) is 7.27. The molecule has 2 N–H and O–H groups in total. The van der Waals surface area contributed by atoms with Crippen LogP contribution in [0.5, 0.6) is 0 Å². The zero-order valence-electron chi connectivity index (χ0n) is 12.5. The van der Waals surface area contributed by atoms with Gasteiger partial charge in [-0.05, 0) is 18.4 Å². The average molecular weight is 313 g/mol. The SMILES string of the molecule is Cl.Cn1cc([C@H]2CNC[C@@H]2C(=O)NC2CCCCC2)cn1. The minimum Gasteiger partial charge on any atom is -0.353 e. The van der Waals surface area contributed by atoms with Crippen molar-refractivity contribution in [1.29, 1.82) is 0 Å². The highest BCUT2D eigenvalue weighted by molar-refractivity contribution is 5.85. The molecule has 1 aliphatic heterocycles. The average Bonchev–Trinajstić information content (AvgIpc) is 3.08. The first kappa shape index (κ1) is 16.3. The molecule has 21 heavy (non-hydrogen) atoms. The molecule has 6 heteroatoms. The molecule has 2 heterocycles. The van der Waals surface area contributed by atoms with Crippen molar-refractivity contribution in [3.8, 4) is 0 Å². The Balaban J connectivity index is 0.00000161. The van der Waals surface area contributed by atoms with E-state index < -0.39 is 0 Å². The maximum absolute atomic E-state index is 12.5. The monoisotopic (exact) mass is 312 g/mol. The van der Waals surface area contributed by atoms with Gasteiger partial charge in [-0.15, -0.1) is 12.4 Å². The van der Waals surface area contributed by atoms with Crippen molar-refractivity contribution >= 4 is 18.3 Å². The number of halogens is 1. The fourth-order valence-corrected chi connectivity index (χ4v) is 3.49. The van der Waals surface area contributed by atoms with Gasteiger partial charge in [0.05, 0.1) is 12.1 Å². The van der Waals surface area contributed by atoms with Crippen molar-refractivity contribution in [1.82, 2.24) is 20.4 Å². The van der Waals surface area contributed by atoms with Crippen LogP contribution in [0.2, 0.25) is 0 Å². The van der Waals surface area contributed by atoms with E-state index in [1.807, 2.05) is 24.1 Å². The summed E-state index contributed by atoms with van der Waals surface area (Å²) in [6, 6.07) is 0.395. The maximum atomic E-state index is 12.5. The van der Waals surface area contributed by atoms with Crippen molar-refractivity contribution < 1.29 is 4.79 Å². The summed E-state index contributed by atoms with van der Waals surface area (Å²) < 4.78 is 1.81. The van der Waals surface area contributed by atoms with Gasteiger partial charge in [0.25, 0.3) is 0 Å². The molecule has 0 bridgehead atoms. The molecular weight excluding hydrogens is 288 g/mol. The Morgan fingerprint density at radius 2 is 2.10 bits per heavy atom. The van der Waals surface area contributed by atoms with Gasteiger partial charge in [0, 0.05) is 38.3 Å². The van der Waals surface area contributed by atoms with Gasteiger partial charge in [-0.25, -0.2) is 0 Å². The fraction of sp³-hybridized carbons (Fsp3) is 0.733. The molecule has 1 aromatic heterocycles. The number of carbonyl (C=O) groups is 1. The van der Waals surface area contributed by atoms with Crippen LogP contribution in [0.3, 0.4) is 0 Å². The molecule has 0 radical (unpaired) electrons. The first-order valence-electron chi connectivity index (χ1n) is 7.73. The van der Waals surface area contributed by atoms with E-state index in [1.54, 1.807) is 0 Å². The Hall–Kier alpha value is -1.07. The van der Waals surface area contributed by atoms with Gasteiger partial charge < -0.3 is 10.6 Å². The van der Waals surface area contributed by atoms with Crippen LogP contribution in [-0.2, 0) is 11.8 Å². The van der Waals surface area contributed by atoms with Crippen molar-refractivity contribution in [3.05, 3.63) is 18.0 Å². The molecule has 2 atom stereocenters. The summed E-state index contributed by atoms with van der Waals surface area (Å²) in [6.45, 7) is 1.65. The third-order valence-electron chi connectivity index (χ3n) is 4.66. The van der Waals surface area contributed by atoms with Gasteiger partial charge in [-0.2, -0.15) is 5.10 Å². The van der Waals surface area contributed by atoms with Gasteiger partial charge >= 0.3 is 0 Å². The van der Waals surface area contributed by atoms with E-state index in [2.05, 4.69) is 15.7 Å². The maximum Gasteiger partial charge on any atom is 0.225 e. The molecule has 3 rings (SSSR count). The summed E-state index contributed by atoms with van der Waals surface area (Å²) in [5, 5.41) is 10.8. The molecular formula is C15H25ClN4O. The van der Waals surface area contributed by atoms with E-state index in [9.17, 15) is 4.79 Å². The normalized spacial score (nSPS) is 26.3. The highest BCUT2D eigenvalue weighted by Gasteiger charge is 2.35. The van der Waals surface area contributed by atoms with Crippen molar-refractivity contribution in [2.45, 2.75) is 44.1 Å². The molecule has 1 amide bonds. The number of nitrogens with one attached hydrogen (secondary N) is 2. The molecule has 118 valence electrons. The van der Waals surface area contributed by atoms with Crippen molar-refractivity contribution in [3.63, 3.8) is 0 Å². The third-order valence-corrected chi connectivity index (χ3v) is 4.66. The summed E-state index contributed by atoms with van der Waals surface area (Å²) in [7, 11) is 1.92. The first-order chi connectivity index (χ1) is 9.74. The number of rotatable bonds is 3. The van der Waals surface area contributed by atoms with E-state index >= 15 is 0 Å². The lowest BCUT2D eigenvalue weighted by Gasteiger charge is -2.25. The van der Waals surface area contributed by atoms with Gasteiger partial charge in [0.2, 0.25) is 5.91 Å². The Morgan fingerprint density at radius 1 is 1.33 bits per heavy atom. The molecule has 1 aliphatic carbocycles. The van der Waals surface area contributed by atoms with Gasteiger partial charge in [-0.1, -0.05) is 19.3 Å². The van der Waals surface area contributed by atoms with Crippen LogP contribution in [0.4, 0.5) is 0 Å². The predicted molar refractivity (Wildman–Crippen MR) is 84.6 cm³/mol. The molecule has 1 saturated carbocycles. The number of nitrogens with zero attached hydrogens (tertiary/aromatic N) is 2. The topological polar surface area (TPSA) is 59.0 Å². The molecule has 0 spiro atoms. The zero-order chi connectivity index (χ0) is 13.9. The van der Waals surface area contributed by atoms with Crippen LogP contribution in [0, 0.1) is 5.92 Å². The lowest BCUT2D eigenvalue weighted by atomic mass is 9.89. The summed E-state index contributed by atoms with van der Waals surface area (Å²) >= 11 is 0. The Morgan fingerprint density at radius 3 is 2.76 bits per heavy atom. The largest absolute Gasteiger partial charge is 0.353 e. The van der Waals surface area contributed by atoms with E-state index in [4.69, 9.17) is 0 Å². The van der Waals surface area contributed by atoms with E-state index in [-0.39, 0.29) is 30.2 Å². The highest BCUT2D eigenvalue weighted by Crippen LogP contribution is 2.28. The van der Waals surface area contributed by atoms with E-state index in [0.717, 1.165) is 25.9 Å². The van der Waals surface area contributed by atoms with Gasteiger partial charge in [-0.3, -0.25) is 9.48 Å². The second-order valence-corrected chi connectivity index (χ2v) is 6.16. The van der Waals surface area contributed by atoms with Gasteiger partial charge in [0.1, 0.15) is 0 Å². The third kappa shape index (κ3) is 3.77. The van der Waals surface area contributed by atoms with Crippen LogP contribution in [0.25, 0.3) is 0 Å². The Kier molecular flexibility index (Phi) is 5.65. The van der Waals surface area contributed by atoms with Crippen LogP contribution < -0.4 is 10.6 Å². The van der Waals surface area contributed by atoms with Crippen molar-refractivity contribution in [2.75, 3.05) is 13.1 Å². The summed E-state index contributed by atoms with van der Waals surface area (Å²) in [5.41, 5.74) is 1.17. The van der Waals surface area contributed by atoms with E-state index in [0.29, 0.717) is 6.04 Å². The van der Waals surface area contributed by atoms with Gasteiger partial charge in [0.15, 0.2) is 0 Å². The summed E-state index contributed by atoms with van der Waals surface area (Å²) in [5.74, 6) is 0.518. The standard InChI is InChI=1S/C15H24N4O.ClH/c1-19-10-11(7-17-19)13-8-16-9-14(13)15(20)18-12-5-3-2-4-6-12;/h7,10,12-14,16H,2-6,8-9H2,1H3,(H,18,20);1H/t13-,14+;/m1./s1. The molecule has 2 fully saturated rings. The molecule has 0 aromatic carbocycles. The second-order valence-electron chi connectivity index (χ2n) is 6.16. The minimum absolute atomic E-state index is 0. The number of aryl methyl sites for hydroxylation is 1. The number of amides is 1. The van der Waals surface area contributed by atoms with Crippen LogP contribution in [-0.4, -0.2) is 34.8 Å². The highest BCUT2D eigenvalue weighted by atomic mass is 35.5. The molecule has 2 aliphatic rings. The lowest BCUT2D eigenvalue weighted by molar-refractivity contribution is -0.125. The van der Waals surface area contributed by atoms with Crippen LogP contribution >= 0.6 is 12.4 Å². The molecule has 1 aromatic rings. The predicted octanol–water partition coefficient (Wildman–Crippen LogP) is 1.59.